The Hall–Kier alpha value is -3.72. The molecule has 0 radical (unpaired) electrons. The van der Waals surface area contributed by atoms with E-state index >= 15 is 0 Å². The monoisotopic (exact) mass is 539 g/mol. The zero-order valence-electron chi connectivity index (χ0n) is 22.3. The number of nitrogens with zero attached hydrogens (tertiary/aromatic N) is 2. The first-order chi connectivity index (χ1) is 17.9. The Morgan fingerprint density at radius 2 is 1.55 bits per heavy atom. The molecule has 3 aromatic rings. The van der Waals surface area contributed by atoms with E-state index < -0.39 is 40.2 Å². The van der Waals surface area contributed by atoms with Crippen LogP contribution in [-0.2, 0) is 26.2 Å². The zero-order chi connectivity index (χ0) is 28.0. The minimum Gasteiger partial charge on any atom is -0.352 e. The number of anilines is 1. The van der Waals surface area contributed by atoms with E-state index in [2.05, 4.69) is 5.32 Å². The van der Waals surface area contributed by atoms with E-state index in [4.69, 9.17) is 0 Å². The minimum atomic E-state index is -4.15. The lowest BCUT2D eigenvalue weighted by molar-refractivity contribution is -0.139. The molecule has 38 heavy (non-hydrogen) atoms. The van der Waals surface area contributed by atoms with Crippen LogP contribution in [0.25, 0.3) is 0 Å². The summed E-state index contributed by atoms with van der Waals surface area (Å²) in [5, 5.41) is 2.77. The highest BCUT2D eigenvalue weighted by Crippen LogP contribution is 2.26. The number of aryl methyl sites for hydroxylation is 2. The fourth-order valence-corrected chi connectivity index (χ4v) is 5.35. The Labute approximate surface area is 224 Å². The minimum absolute atomic E-state index is 0.0312. The molecule has 3 aromatic carbocycles. The van der Waals surface area contributed by atoms with Crippen molar-refractivity contribution in [3.8, 4) is 0 Å². The van der Waals surface area contributed by atoms with E-state index in [-0.39, 0.29) is 23.0 Å². The van der Waals surface area contributed by atoms with Crippen molar-refractivity contribution in [3.05, 3.63) is 95.3 Å². The van der Waals surface area contributed by atoms with Crippen molar-refractivity contribution in [1.29, 1.82) is 0 Å². The molecule has 1 N–H and O–H groups in total. The highest BCUT2D eigenvalue weighted by atomic mass is 32.2. The summed E-state index contributed by atoms with van der Waals surface area (Å²) in [6.45, 7) is 8.02. The molecule has 202 valence electrons. The lowest BCUT2D eigenvalue weighted by Gasteiger charge is -2.32. The first-order valence-electron chi connectivity index (χ1n) is 12.4. The second kappa shape index (κ2) is 12.2. The number of hydrogen-bond donors (Lipinski definition) is 1. The molecule has 0 saturated carbocycles. The van der Waals surface area contributed by atoms with Gasteiger partial charge in [0.2, 0.25) is 11.8 Å². The van der Waals surface area contributed by atoms with Crippen LogP contribution in [-0.4, -0.2) is 43.8 Å². The van der Waals surface area contributed by atoms with Gasteiger partial charge in [0.25, 0.3) is 10.0 Å². The Balaban J connectivity index is 2.04. The van der Waals surface area contributed by atoms with Crippen LogP contribution in [0.1, 0.15) is 37.5 Å². The number of hydrogen-bond acceptors (Lipinski definition) is 4. The quantitative estimate of drug-likeness (QED) is 0.409. The molecule has 0 saturated heterocycles. The van der Waals surface area contributed by atoms with Crippen LogP contribution in [0.15, 0.2) is 77.7 Å². The van der Waals surface area contributed by atoms with Gasteiger partial charge in [-0.05, 0) is 70.5 Å². The number of nitrogens with one attached hydrogen (secondary N) is 1. The maximum Gasteiger partial charge on any atom is 0.264 e. The molecule has 2 amide bonds. The van der Waals surface area contributed by atoms with Crippen molar-refractivity contribution in [2.45, 2.75) is 58.1 Å². The third kappa shape index (κ3) is 6.98. The molecule has 0 bridgehead atoms. The van der Waals surface area contributed by atoms with Crippen LogP contribution < -0.4 is 9.62 Å². The third-order valence-electron chi connectivity index (χ3n) is 6.07. The van der Waals surface area contributed by atoms with Gasteiger partial charge in [-0.3, -0.25) is 13.9 Å². The normalized spacial score (nSPS) is 12.2. The number of carbonyl (C=O) groups is 2. The second-order valence-electron chi connectivity index (χ2n) is 9.62. The zero-order valence-corrected chi connectivity index (χ0v) is 23.1. The predicted molar refractivity (Wildman–Crippen MR) is 147 cm³/mol. The summed E-state index contributed by atoms with van der Waals surface area (Å²) >= 11 is 0. The molecule has 7 nitrogen and oxygen atoms in total. The summed E-state index contributed by atoms with van der Waals surface area (Å²) < 4.78 is 43.2. The van der Waals surface area contributed by atoms with Gasteiger partial charge in [-0.15, -0.1) is 0 Å². The van der Waals surface area contributed by atoms with Crippen LogP contribution in [0.4, 0.5) is 10.1 Å². The van der Waals surface area contributed by atoms with Crippen molar-refractivity contribution >= 4 is 27.5 Å². The molecule has 0 fully saturated rings. The second-order valence-corrected chi connectivity index (χ2v) is 11.5. The Bertz CT molecular complexity index is 1390. The van der Waals surface area contributed by atoms with Crippen molar-refractivity contribution in [3.63, 3.8) is 0 Å². The predicted octanol–water partition coefficient (Wildman–Crippen LogP) is 4.58. The first-order valence-corrected chi connectivity index (χ1v) is 13.8. The average molecular weight is 540 g/mol. The fraction of sp³-hybridized carbons (Fsp3) is 0.310. The van der Waals surface area contributed by atoms with Crippen LogP contribution in [0.3, 0.4) is 0 Å². The van der Waals surface area contributed by atoms with Gasteiger partial charge in [0.1, 0.15) is 18.4 Å². The molecule has 0 aliphatic rings. The number of rotatable bonds is 10. The summed E-state index contributed by atoms with van der Waals surface area (Å²) in [6.07, 6.45) is 0. The molecule has 0 aliphatic heterocycles. The highest BCUT2D eigenvalue weighted by Gasteiger charge is 2.33. The molecule has 0 aliphatic carbocycles. The molecule has 0 unspecified atom stereocenters. The van der Waals surface area contributed by atoms with E-state index in [9.17, 15) is 22.4 Å². The highest BCUT2D eigenvalue weighted by molar-refractivity contribution is 7.92. The molecule has 0 aromatic heterocycles. The Morgan fingerprint density at radius 3 is 2.16 bits per heavy atom. The molecule has 9 heteroatoms. The standard InChI is InChI=1S/C29H34FN3O4S/c1-20(2)31-29(35)23(5)32(18-24-10-6-7-12-27(24)30)28(34)19-33(25-11-8-9-22(4)17-25)38(36,37)26-15-13-21(3)14-16-26/h6-17,20,23H,18-19H2,1-5H3,(H,31,35)/t23-/m0/s1. The van der Waals surface area contributed by atoms with Gasteiger partial charge in [0.15, 0.2) is 0 Å². The maximum absolute atomic E-state index is 14.6. The third-order valence-corrected chi connectivity index (χ3v) is 7.86. The van der Waals surface area contributed by atoms with Crippen LogP contribution >= 0.6 is 0 Å². The van der Waals surface area contributed by atoms with Crippen molar-refractivity contribution in [1.82, 2.24) is 10.2 Å². The molecule has 1 atom stereocenters. The van der Waals surface area contributed by atoms with Crippen LogP contribution in [0, 0.1) is 19.7 Å². The van der Waals surface area contributed by atoms with Crippen molar-refractivity contribution in [2.75, 3.05) is 10.8 Å². The van der Waals surface area contributed by atoms with E-state index in [1.165, 1.54) is 35.2 Å². The van der Waals surface area contributed by atoms with Gasteiger partial charge < -0.3 is 10.2 Å². The maximum atomic E-state index is 14.6. The Kier molecular flexibility index (Phi) is 9.27. The lowest BCUT2D eigenvalue weighted by atomic mass is 10.1. The number of halogens is 1. The molecule has 3 rings (SSSR count). The van der Waals surface area contributed by atoms with Gasteiger partial charge in [0.05, 0.1) is 10.6 Å². The van der Waals surface area contributed by atoms with Gasteiger partial charge in [-0.25, -0.2) is 12.8 Å². The van der Waals surface area contributed by atoms with Crippen LogP contribution in [0.2, 0.25) is 0 Å². The largest absolute Gasteiger partial charge is 0.352 e. The van der Waals surface area contributed by atoms with Gasteiger partial charge in [0, 0.05) is 18.2 Å². The smallest absolute Gasteiger partial charge is 0.264 e. The molecule has 0 spiro atoms. The van der Waals surface area contributed by atoms with E-state index in [1.807, 2.05) is 19.9 Å². The summed E-state index contributed by atoms with van der Waals surface area (Å²) in [4.78, 5) is 27.9. The number of amides is 2. The molecule has 0 heterocycles. The van der Waals surface area contributed by atoms with Gasteiger partial charge in [-0.1, -0.05) is 48.0 Å². The topological polar surface area (TPSA) is 86.8 Å². The average Bonchev–Trinajstić information content (AvgIpc) is 2.86. The Morgan fingerprint density at radius 1 is 0.895 bits per heavy atom. The summed E-state index contributed by atoms with van der Waals surface area (Å²) in [6, 6.07) is 18.0. The lowest BCUT2D eigenvalue weighted by Crippen LogP contribution is -2.52. The molecular weight excluding hydrogens is 505 g/mol. The summed E-state index contributed by atoms with van der Waals surface area (Å²) in [5.41, 5.74) is 2.23. The summed E-state index contributed by atoms with van der Waals surface area (Å²) in [5.74, 6) is -1.59. The van der Waals surface area contributed by atoms with E-state index in [1.54, 1.807) is 57.2 Å². The fourth-order valence-electron chi connectivity index (χ4n) is 3.95. The van der Waals surface area contributed by atoms with Crippen molar-refractivity contribution in [2.24, 2.45) is 0 Å². The first kappa shape index (κ1) is 28.8. The number of benzene rings is 3. The van der Waals surface area contributed by atoms with E-state index in [0.717, 1.165) is 15.4 Å². The SMILES string of the molecule is Cc1ccc(S(=O)(=O)N(CC(=O)N(Cc2ccccc2F)[C@@H](C)C(=O)NC(C)C)c2cccc(C)c2)cc1. The number of sulfonamides is 1. The van der Waals surface area contributed by atoms with E-state index in [0.29, 0.717) is 5.69 Å². The molecular formula is C29H34FN3O4S. The van der Waals surface area contributed by atoms with Crippen LogP contribution in [0.5, 0.6) is 0 Å². The van der Waals surface area contributed by atoms with Gasteiger partial charge >= 0.3 is 0 Å². The summed E-state index contributed by atoms with van der Waals surface area (Å²) in [7, 11) is -4.15. The number of carbonyl (C=O) groups excluding carboxylic acids is 2. The van der Waals surface area contributed by atoms with Gasteiger partial charge in [-0.2, -0.15) is 0 Å². The van der Waals surface area contributed by atoms with Crippen molar-refractivity contribution < 1.29 is 22.4 Å².